The van der Waals surface area contributed by atoms with E-state index in [1.165, 1.54) is 12.1 Å². The predicted molar refractivity (Wildman–Crippen MR) is 91.2 cm³/mol. The number of H-pyrrole nitrogens is 1. The number of aromatic amines is 1. The zero-order valence-corrected chi connectivity index (χ0v) is 14.2. The van der Waals surface area contributed by atoms with Crippen molar-refractivity contribution >= 4 is 16.9 Å². The maximum Gasteiger partial charge on any atom is 0.237 e. The van der Waals surface area contributed by atoms with Crippen LogP contribution in [0.3, 0.4) is 0 Å². The Morgan fingerprint density at radius 3 is 2.96 bits per heavy atom. The average molecular weight is 342 g/mol. The molecule has 1 aliphatic rings. The lowest BCUT2D eigenvalue weighted by molar-refractivity contribution is -0.133. The third-order valence-corrected chi connectivity index (χ3v) is 4.29. The van der Waals surface area contributed by atoms with Gasteiger partial charge < -0.3 is 14.8 Å². The van der Waals surface area contributed by atoms with Crippen LogP contribution in [0.5, 0.6) is 0 Å². The van der Waals surface area contributed by atoms with Gasteiger partial charge in [0.25, 0.3) is 0 Å². The fraction of sp³-hybridized carbons (Fsp3) is 0.353. The Morgan fingerprint density at radius 2 is 2.16 bits per heavy atom. The van der Waals surface area contributed by atoms with Crippen molar-refractivity contribution < 1.29 is 9.18 Å². The number of benzene rings is 1. The third kappa shape index (κ3) is 3.00. The largest absolute Gasteiger partial charge is 0.336 e. The maximum absolute atomic E-state index is 13.3. The SMILES string of the molecule is CN(C)CC(=O)N1CCn2nc(-c3nc4ccc(F)cc4[nH]3)cc2C1. The standard InChI is InChI=1S/C17H19FN6O/c1-22(2)10-16(25)23-5-6-24-12(9-23)8-15(21-24)17-19-13-4-3-11(18)7-14(13)20-17/h3-4,7-8H,5-6,9-10H2,1-2H3,(H,19,20). The molecule has 0 unspecified atom stereocenters. The van der Waals surface area contributed by atoms with E-state index in [1.807, 2.05) is 34.6 Å². The average Bonchev–Trinajstić information content (AvgIpc) is 3.16. The molecular formula is C17H19FN6O. The molecule has 0 saturated carbocycles. The van der Waals surface area contributed by atoms with E-state index in [-0.39, 0.29) is 11.7 Å². The van der Waals surface area contributed by atoms with E-state index >= 15 is 0 Å². The molecule has 0 aliphatic carbocycles. The Bertz CT molecular complexity index is 944. The monoisotopic (exact) mass is 342 g/mol. The summed E-state index contributed by atoms with van der Waals surface area (Å²) in [6, 6.07) is 6.38. The Labute approximate surface area is 144 Å². The van der Waals surface area contributed by atoms with Crippen LogP contribution >= 0.6 is 0 Å². The van der Waals surface area contributed by atoms with Crippen molar-refractivity contribution in [3.8, 4) is 11.5 Å². The number of carbonyl (C=O) groups is 1. The minimum absolute atomic E-state index is 0.109. The summed E-state index contributed by atoms with van der Waals surface area (Å²) in [6.07, 6.45) is 0. The highest BCUT2D eigenvalue weighted by Gasteiger charge is 2.23. The number of amides is 1. The van der Waals surface area contributed by atoms with Gasteiger partial charge in [0.2, 0.25) is 5.91 Å². The first kappa shape index (κ1) is 15.8. The van der Waals surface area contributed by atoms with Gasteiger partial charge in [-0.25, -0.2) is 9.37 Å². The van der Waals surface area contributed by atoms with Crippen LogP contribution in [-0.4, -0.2) is 62.6 Å². The van der Waals surface area contributed by atoms with Crippen LogP contribution in [0.15, 0.2) is 24.3 Å². The van der Waals surface area contributed by atoms with Gasteiger partial charge in [-0.1, -0.05) is 0 Å². The van der Waals surface area contributed by atoms with Crippen molar-refractivity contribution in [1.29, 1.82) is 0 Å². The van der Waals surface area contributed by atoms with Crippen molar-refractivity contribution in [1.82, 2.24) is 29.5 Å². The third-order valence-electron chi connectivity index (χ3n) is 4.29. The molecule has 1 amide bonds. The van der Waals surface area contributed by atoms with Gasteiger partial charge in [0, 0.05) is 6.54 Å². The van der Waals surface area contributed by atoms with Crippen LogP contribution in [0.25, 0.3) is 22.6 Å². The summed E-state index contributed by atoms with van der Waals surface area (Å²) in [5.41, 5.74) is 3.02. The molecule has 0 spiro atoms. The highest BCUT2D eigenvalue weighted by molar-refractivity contribution is 5.79. The van der Waals surface area contributed by atoms with Crippen LogP contribution in [0.1, 0.15) is 5.69 Å². The number of halogens is 1. The molecule has 0 atom stereocenters. The molecule has 0 saturated heterocycles. The number of aromatic nitrogens is 4. The van der Waals surface area contributed by atoms with Crippen LogP contribution < -0.4 is 0 Å². The molecule has 4 rings (SSSR count). The van der Waals surface area contributed by atoms with Crippen molar-refractivity contribution in [2.45, 2.75) is 13.1 Å². The molecule has 2 aromatic heterocycles. The summed E-state index contributed by atoms with van der Waals surface area (Å²) in [5, 5.41) is 4.57. The molecule has 1 N–H and O–H groups in total. The van der Waals surface area contributed by atoms with E-state index in [0.29, 0.717) is 48.7 Å². The van der Waals surface area contributed by atoms with Gasteiger partial charge in [-0.3, -0.25) is 9.48 Å². The van der Waals surface area contributed by atoms with Crippen molar-refractivity contribution in [2.75, 3.05) is 27.2 Å². The summed E-state index contributed by atoms with van der Waals surface area (Å²) in [6.45, 7) is 2.24. The molecule has 7 nitrogen and oxygen atoms in total. The smallest absolute Gasteiger partial charge is 0.237 e. The van der Waals surface area contributed by atoms with Crippen molar-refractivity contribution in [2.24, 2.45) is 0 Å². The molecule has 0 fully saturated rings. The van der Waals surface area contributed by atoms with Gasteiger partial charge in [-0.2, -0.15) is 5.10 Å². The van der Waals surface area contributed by atoms with Gasteiger partial charge in [-0.05, 0) is 38.4 Å². The fourth-order valence-corrected chi connectivity index (χ4v) is 3.07. The summed E-state index contributed by atoms with van der Waals surface area (Å²) in [5.74, 6) is 0.411. The molecule has 0 bridgehead atoms. The topological polar surface area (TPSA) is 70.1 Å². The highest BCUT2D eigenvalue weighted by atomic mass is 19.1. The first-order valence-electron chi connectivity index (χ1n) is 8.14. The number of rotatable bonds is 3. The van der Waals surface area contributed by atoms with E-state index in [9.17, 15) is 9.18 Å². The van der Waals surface area contributed by atoms with E-state index in [4.69, 9.17) is 0 Å². The highest BCUT2D eigenvalue weighted by Crippen LogP contribution is 2.23. The molecule has 130 valence electrons. The minimum atomic E-state index is -0.304. The second kappa shape index (κ2) is 5.96. The number of likely N-dealkylation sites (N-methyl/N-ethyl adjacent to an activating group) is 1. The Hall–Kier alpha value is -2.74. The number of nitrogens with one attached hydrogen (secondary N) is 1. The summed E-state index contributed by atoms with van der Waals surface area (Å²) in [4.78, 5) is 23.5. The van der Waals surface area contributed by atoms with E-state index in [2.05, 4.69) is 15.1 Å². The van der Waals surface area contributed by atoms with Crippen LogP contribution in [0, 0.1) is 5.82 Å². The van der Waals surface area contributed by atoms with Crippen LogP contribution in [-0.2, 0) is 17.9 Å². The number of hydrogen-bond donors (Lipinski definition) is 1. The number of fused-ring (bicyclic) bond motifs is 2. The molecule has 25 heavy (non-hydrogen) atoms. The number of carbonyl (C=O) groups excluding carboxylic acids is 1. The molecule has 8 heteroatoms. The van der Waals surface area contributed by atoms with Crippen molar-refractivity contribution in [3.63, 3.8) is 0 Å². The minimum Gasteiger partial charge on any atom is -0.336 e. The quantitative estimate of drug-likeness (QED) is 0.783. The Balaban J connectivity index is 1.60. The summed E-state index contributed by atoms with van der Waals surface area (Å²) in [7, 11) is 3.77. The van der Waals surface area contributed by atoms with Crippen LogP contribution in [0.4, 0.5) is 4.39 Å². The van der Waals surface area contributed by atoms with Gasteiger partial charge in [0.1, 0.15) is 11.5 Å². The lowest BCUT2D eigenvalue weighted by atomic mass is 10.2. The molecule has 3 aromatic rings. The number of imidazole rings is 1. The molecule has 1 aromatic carbocycles. The lowest BCUT2D eigenvalue weighted by Crippen LogP contribution is -2.42. The lowest BCUT2D eigenvalue weighted by Gasteiger charge is -2.28. The normalized spacial score (nSPS) is 14.3. The second-order valence-electron chi connectivity index (χ2n) is 6.54. The summed E-state index contributed by atoms with van der Waals surface area (Å²) >= 11 is 0. The first-order chi connectivity index (χ1) is 12.0. The first-order valence-corrected chi connectivity index (χ1v) is 8.14. The summed E-state index contributed by atoms with van der Waals surface area (Å²) < 4.78 is 15.2. The van der Waals surface area contributed by atoms with Gasteiger partial charge in [0.05, 0.1) is 36.4 Å². The van der Waals surface area contributed by atoms with E-state index < -0.39 is 0 Å². The van der Waals surface area contributed by atoms with Gasteiger partial charge >= 0.3 is 0 Å². The number of nitrogens with zero attached hydrogens (tertiary/aromatic N) is 5. The van der Waals surface area contributed by atoms with E-state index in [1.54, 1.807) is 6.07 Å². The molecule has 3 heterocycles. The predicted octanol–water partition coefficient (Wildman–Crippen LogP) is 1.47. The molecule has 1 aliphatic heterocycles. The molecule has 0 radical (unpaired) electrons. The Kier molecular flexibility index (Phi) is 3.76. The van der Waals surface area contributed by atoms with Crippen LogP contribution in [0.2, 0.25) is 0 Å². The second-order valence-corrected chi connectivity index (χ2v) is 6.54. The van der Waals surface area contributed by atoms with E-state index in [0.717, 1.165) is 5.69 Å². The fourth-order valence-electron chi connectivity index (χ4n) is 3.07. The number of hydrogen-bond acceptors (Lipinski definition) is 4. The maximum atomic E-state index is 13.3. The van der Waals surface area contributed by atoms with Gasteiger partial charge in [-0.15, -0.1) is 0 Å². The zero-order chi connectivity index (χ0) is 17.6. The molecular weight excluding hydrogens is 323 g/mol. The Morgan fingerprint density at radius 1 is 1.32 bits per heavy atom. The van der Waals surface area contributed by atoms with Gasteiger partial charge in [0.15, 0.2) is 5.82 Å². The van der Waals surface area contributed by atoms with Crippen molar-refractivity contribution in [3.05, 3.63) is 35.8 Å². The zero-order valence-electron chi connectivity index (χ0n) is 14.2.